The standard InChI is InChI=1S/C18H32N8O9/c19-8(3-4-13(29)30)14(31)24-9(2-1-5-23-18(21)22)15(32)25-10(6-12(20)28)16(33)26-11(7-27)17(34)35/h8-11,27H,1-7,19H2,(H2,20,28)(H,24,31)(H,25,32)(H,26,33)(H,29,30)(H,34,35)(H4,21,22,23). The molecule has 0 fully saturated rings. The van der Waals surface area contributed by atoms with Crippen LogP contribution in [0.25, 0.3) is 0 Å². The summed E-state index contributed by atoms with van der Waals surface area (Å²) in [6.07, 6.45) is -1.21. The number of nitrogens with two attached hydrogens (primary N) is 4. The first-order valence-electron chi connectivity index (χ1n) is 10.3. The molecule has 0 bridgehead atoms. The maximum Gasteiger partial charge on any atom is 0.328 e. The minimum absolute atomic E-state index is 0.0562. The molecule has 0 radical (unpaired) electrons. The smallest absolute Gasteiger partial charge is 0.328 e. The van der Waals surface area contributed by atoms with E-state index in [0.29, 0.717) is 0 Å². The molecule has 0 aliphatic heterocycles. The first kappa shape index (κ1) is 31.0. The van der Waals surface area contributed by atoms with Crippen molar-refractivity contribution in [1.82, 2.24) is 16.0 Å². The number of rotatable bonds is 17. The van der Waals surface area contributed by atoms with E-state index in [0.717, 1.165) is 0 Å². The number of primary amides is 1. The molecule has 198 valence electrons. The Labute approximate surface area is 199 Å². The average molecular weight is 505 g/mol. The topological polar surface area (TPSA) is 316 Å². The van der Waals surface area contributed by atoms with E-state index in [9.17, 15) is 28.8 Å². The van der Waals surface area contributed by atoms with E-state index in [4.69, 9.17) is 38.3 Å². The van der Waals surface area contributed by atoms with Gasteiger partial charge in [0.25, 0.3) is 0 Å². The second-order valence-electron chi connectivity index (χ2n) is 7.36. The molecule has 4 amide bonds. The Bertz CT molecular complexity index is 816. The number of amides is 4. The number of aliphatic imine (C=N–C) groups is 1. The number of guanidine groups is 1. The van der Waals surface area contributed by atoms with Crippen LogP contribution in [-0.2, 0) is 28.8 Å². The van der Waals surface area contributed by atoms with Crippen LogP contribution in [0.2, 0.25) is 0 Å². The van der Waals surface area contributed by atoms with Crippen LogP contribution >= 0.6 is 0 Å². The molecule has 0 saturated heterocycles. The van der Waals surface area contributed by atoms with Crippen molar-refractivity contribution in [1.29, 1.82) is 0 Å². The normalized spacial score (nSPS) is 13.9. The lowest BCUT2D eigenvalue weighted by molar-refractivity contribution is -0.143. The van der Waals surface area contributed by atoms with Crippen LogP contribution in [0.15, 0.2) is 4.99 Å². The molecule has 14 N–H and O–H groups in total. The Hall–Kier alpha value is -3.99. The zero-order chi connectivity index (χ0) is 27.1. The summed E-state index contributed by atoms with van der Waals surface area (Å²) in [5.41, 5.74) is 21.2. The van der Waals surface area contributed by atoms with Gasteiger partial charge in [0.1, 0.15) is 18.1 Å². The first-order chi connectivity index (χ1) is 16.3. The second kappa shape index (κ2) is 15.8. The van der Waals surface area contributed by atoms with Crippen LogP contribution in [0.4, 0.5) is 0 Å². The summed E-state index contributed by atoms with van der Waals surface area (Å²) in [6, 6.07) is -5.92. The van der Waals surface area contributed by atoms with Gasteiger partial charge < -0.3 is 54.2 Å². The molecule has 0 rings (SSSR count). The van der Waals surface area contributed by atoms with Gasteiger partial charge in [0.15, 0.2) is 5.96 Å². The second-order valence-corrected chi connectivity index (χ2v) is 7.36. The highest BCUT2D eigenvalue weighted by Gasteiger charge is 2.31. The number of carbonyl (C=O) groups is 6. The van der Waals surface area contributed by atoms with Crippen LogP contribution in [0.5, 0.6) is 0 Å². The van der Waals surface area contributed by atoms with E-state index in [-0.39, 0.29) is 31.8 Å². The van der Waals surface area contributed by atoms with Crippen molar-refractivity contribution < 1.29 is 44.1 Å². The van der Waals surface area contributed by atoms with E-state index < -0.39 is 79.2 Å². The number of hydrogen-bond donors (Lipinski definition) is 10. The van der Waals surface area contributed by atoms with Crippen LogP contribution in [0.1, 0.15) is 32.1 Å². The van der Waals surface area contributed by atoms with Crippen molar-refractivity contribution in [3.63, 3.8) is 0 Å². The van der Waals surface area contributed by atoms with Crippen molar-refractivity contribution in [2.24, 2.45) is 27.9 Å². The fourth-order valence-corrected chi connectivity index (χ4v) is 2.60. The molecule has 0 aromatic heterocycles. The van der Waals surface area contributed by atoms with Crippen molar-refractivity contribution in [3.05, 3.63) is 0 Å². The van der Waals surface area contributed by atoms with Crippen LogP contribution < -0.4 is 38.9 Å². The number of nitrogens with zero attached hydrogens (tertiary/aromatic N) is 1. The number of carbonyl (C=O) groups excluding carboxylic acids is 4. The van der Waals surface area contributed by atoms with Gasteiger partial charge in [-0.2, -0.15) is 0 Å². The fourth-order valence-electron chi connectivity index (χ4n) is 2.60. The minimum Gasteiger partial charge on any atom is -0.481 e. The molecule has 0 heterocycles. The fraction of sp³-hybridized carbons (Fsp3) is 0.611. The highest BCUT2D eigenvalue weighted by atomic mass is 16.4. The molecule has 0 aliphatic rings. The third-order valence-electron chi connectivity index (χ3n) is 4.42. The van der Waals surface area contributed by atoms with Gasteiger partial charge in [-0.3, -0.25) is 29.0 Å². The highest BCUT2D eigenvalue weighted by Crippen LogP contribution is 2.04. The van der Waals surface area contributed by atoms with Crippen molar-refractivity contribution >= 4 is 41.5 Å². The van der Waals surface area contributed by atoms with Crippen molar-refractivity contribution in [3.8, 4) is 0 Å². The third-order valence-corrected chi connectivity index (χ3v) is 4.42. The Morgan fingerprint density at radius 2 is 1.34 bits per heavy atom. The van der Waals surface area contributed by atoms with Crippen LogP contribution in [0, 0.1) is 0 Å². The lowest BCUT2D eigenvalue weighted by Crippen LogP contribution is -2.58. The molecule has 17 heteroatoms. The summed E-state index contributed by atoms with van der Waals surface area (Å²) in [7, 11) is 0. The molecule has 4 unspecified atom stereocenters. The quantitative estimate of drug-likeness (QED) is 0.0504. The van der Waals surface area contributed by atoms with Crippen molar-refractivity contribution in [2.45, 2.75) is 56.3 Å². The van der Waals surface area contributed by atoms with E-state index >= 15 is 0 Å². The molecule has 0 aliphatic carbocycles. The monoisotopic (exact) mass is 504 g/mol. The highest BCUT2D eigenvalue weighted by molar-refractivity contribution is 5.96. The van der Waals surface area contributed by atoms with Crippen LogP contribution in [-0.4, -0.2) is 94.2 Å². The zero-order valence-corrected chi connectivity index (χ0v) is 18.8. The van der Waals surface area contributed by atoms with Gasteiger partial charge in [0, 0.05) is 13.0 Å². The van der Waals surface area contributed by atoms with E-state index in [1.54, 1.807) is 0 Å². The first-order valence-corrected chi connectivity index (χ1v) is 10.3. The summed E-state index contributed by atoms with van der Waals surface area (Å²) in [5, 5.41) is 33.2. The van der Waals surface area contributed by atoms with E-state index in [2.05, 4.69) is 15.6 Å². The Morgan fingerprint density at radius 1 is 0.800 bits per heavy atom. The number of carboxylic acids is 2. The van der Waals surface area contributed by atoms with Crippen LogP contribution in [0.3, 0.4) is 0 Å². The number of aliphatic hydroxyl groups excluding tert-OH is 1. The largest absolute Gasteiger partial charge is 0.481 e. The van der Waals surface area contributed by atoms with Gasteiger partial charge in [-0.05, 0) is 19.3 Å². The Morgan fingerprint density at radius 3 is 1.83 bits per heavy atom. The number of aliphatic hydroxyl groups is 1. The molecular formula is C18H32N8O9. The molecule has 17 nitrogen and oxygen atoms in total. The molecular weight excluding hydrogens is 472 g/mol. The predicted molar refractivity (Wildman–Crippen MR) is 119 cm³/mol. The van der Waals surface area contributed by atoms with E-state index in [1.807, 2.05) is 5.32 Å². The minimum atomic E-state index is -1.71. The third kappa shape index (κ3) is 13.3. The maximum atomic E-state index is 12.8. The number of aliphatic carboxylic acids is 2. The average Bonchev–Trinajstić information content (AvgIpc) is 2.75. The van der Waals surface area contributed by atoms with Gasteiger partial charge in [0.05, 0.1) is 19.1 Å². The van der Waals surface area contributed by atoms with Gasteiger partial charge >= 0.3 is 11.9 Å². The lowest BCUT2D eigenvalue weighted by atomic mass is 10.1. The Balaban J connectivity index is 5.54. The molecule has 35 heavy (non-hydrogen) atoms. The molecule has 4 atom stereocenters. The van der Waals surface area contributed by atoms with Gasteiger partial charge in [-0.1, -0.05) is 0 Å². The van der Waals surface area contributed by atoms with Gasteiger partial charge in [-0.15, -0.1) is 0 Å². The Kier molecular flexibility index (Phi) is 14.0. The van der Waals surface area contributed by atoms with E-state index in [1.165, 1.54) is 0 Å². The molecule has 0 aromatic carbocycles. The molecule has 0 saturated carbocycles. The molecule has 0 aromatic rings. The number of carboxylic acid groups (broad SMARTS) is 2. The number of nitrogens with one attached hydrogen (secondary N) is 3. The zero-order valence-electron chi connectivity index (χ0n) is 18.8. The summed E-state index contributed by atoms with van der Waals surface area (Å²) in [5.74, 6) is -6.89. The summed E-state index contributed by atoms with van der Waals surface area (Å²) >= 11 is 0. The van der Waals surface area contributed by atoms with Gasteiger partial charge in [-0.25, -0.2) is 4.79 Å². The predicted octanol–water partition coefficient (Wildman–Crippen LogP) is -5.36. The summed E-state index contributed by atoms with van der Waals surface area (Å²) in [4.78, 5) is 74.4. The summed E-state index contributed by atoms with van der Waals surface area (Å²) in [6.45, 7) is -0.884. The van der Waals surface area contributed by atoms with Gasteiger partial charge in [0.2, 0.25) is 23.6 Å². The SMILES string of the molecule is NC(=O)CC(NC(=O)C(CCCN=C(N)N)NC(=O)C(N)CCC(=O)O)C(=O)NC(CO)C(=O)O. The lowest BCUT2D eigenvalue weighted by Gasteiger charge is -2.24. The van der Waals surface area contributed by atoms with Crippen molar-refractivity contribution in [2.75, 3.05) is 13.2 Å². The summed E-state index contributed by atoms with van der Waals surface area (Å²) < 4.78 is 0. The maximum absolute atomic E-state index is 12.8. The number of hydrogen-bond acceptors (Lipinski definition) is 9. The molecule has 0 spiro atoms.